The molecule has 3 nitrogen and oxygen atoms in total. The summed E-state index contributed by atoms with van der Waals surface area (Å²) >= 11 is 0. The number of hydrogen-bond donors (Lipinski definition) is 1. The first-order chi connectivity index (χ1) is 7.09. The highest BCUT2D eigenvalue weighted by atomic mass is 16.5. The molecule has 4 atom stereocenters. The maximum absolute atomic E-state index is 11.4. The van der Waals surface area contributed by atoms with Crippen LogP contribution in [0.25, 0.3) is 0 Å². The van der Waals surface area contributed by atoms with Gasteiger partial charge >= 0.3 is 5.97 Å². The van der Waals surface area contributed by atoms with Crippen molar-refractivity contribution in [3.8, 4) is 0 Å². The summed E-state index contributed by atoms with van der Waals surface area (Å²) in [4.78, 5) is 11.4. The van der Waals surface area contributed by atoms with Crippen LogP contribution in [0.5, 0.6) is 0 Å². The van der Waals surface area contributed by atoms with Crippen molar-refractivity contribution in [2.45, 2.75) is 32.8 Å². The Hall–Kier alpha value is -0.830. The van der Waals surface area contributed by atoms with Gasteiger partial charge in [-0.15, -0.1) is 0 Å². The van der Waals surface area contributed by atoms with E-state index in [9.17, 15) is 9.90 Å². The largest absolute Gasteiger partial charge is 0.465 e. The molecule has 0 unspecified atom stereocenters. The average molecular weight is 210 g/mol. The Labute approximate surface area is 90.1 Å². The fourth-order valence-corrected chi connectivity index (χ4v) is 2.66. The lowest BCUT2D eigenvalue weighted by Crippen LogP contribution is -2.26. The molecular formula is C12H18O3. The Morgan fingerprint density at radius 1 is 1.60 bits per heavy atom. The van der Waals surface area contributed by atoms with Gasteiger partial charge in [0.1, 0.15) is 0 Å². The van der Waals surface area contributed by atoms with Gasteiger partial charge in [-0.25, -0.2) is 0 Å². The minimum absolute atomic E-state index is 0.202. The summed E-state index contributed by atoms with van der Waals surface area (Å²) in [5.74, 6) is 0.0403. The van der Waals surface area contributed by atoms with Crippen LogP contribution in [0, 0.1) is 17.8 Å². The van der Waals surface area contributed by atoms with Crippen LogP contribution < -0.4 is 0 Å². The third-order valence-electron chi connectivity index (χ3n) is 3.50. The minimum atomic E-state index is -0.499. The summed E-state index contributed by atoms with van der Waals surface area (Å²) in [6.07, 6.45) is 3.44. The Morgan fingerprint density at radius 2 is 2.33 bits per heavy atom. The van der Waals surface area contributed by atoms with E-state index < -0.39 is 6.10 Å². The first-order valence-corrected chi connectivity index (χ1v) is 5.57. The molecule has 0 bridgehead atoms. The van der Waals surface area contributed by atoms with Gasteiger partial charge in [0.15, 0.2) is 0 Å². The van der Waals surface area contributed by atoms with Gasteiger partial charge in [-0.05, 0) is 32.6 Å². The van der Waals surface area contributed by atoms with Gasteiger partial charge in [0.05, 0.1) is 18.6 Å². The molecule has 1 aliphatic heterocycles. The van der Waals surface area contributed by atoms with E-state index in [1.807, 2.05) is 0 Å². The van der Waals surface area contributed by atoms with E-state index in [2.05, 4.69) is 19.9 Å². The van der Waals surface area contributed by atoms with Crippen LogP contribution >= 0.6 is 0 Å². The first-order valence-electron chi connectivity index (χ1n) is 5.57. The van der Waals surface area contributed by atoms with Crippen molar-refractivity contribution in [2.24, 2.45) is 17.8 Å². The van der Waals surface area contributed by atoms with Crippen molar-refractivity contribution in [3.05, 3.63) is 11.6 Å². The molecule has 1 saturated heterocycles. The van der Waals surface area contributed by atoms with E-state index in [-0.39, 0.29) is 23.7 Å². The number of allylic oxidation sites excluding steroid dienone is 2. The lowest BCUT2D eigenvalue weighted by molar-refractivity contribution is -0.144. The number of rotatable bonds is 2. The zero-order valence-electron chi connectivity index (χ0n) is 9.27. The molecule has 1 aliphatic carbocycles. The van der Waals surface area contributed by atoms with Gasteiger partial charge < -0.3 is 9.84 Å². The van der Waals surface area contributed by atoms with Crippen molar-refractivity contribution in [2.75, 3.05) is 6.61 Å². The van der Waals surface area contributed by atoms with Crippen molar-refractivity contribution >= 4 is 5.97 Å². The van der Waals surface area contributed by atoms with E-state index in [1.54, 1.807) is 0 Å². The topological polar surface area (TPSA) is 46.5 Å². The van der Waals surface area contributed by atoms with Gasteiger partial charge in [-0.3, -0.25) is 4.79 Å². The molecule has 3 heteroatoms. The molecule has 84 valence electrons. The quantitative estimate of drug-likeness (QED) is 0.555. The first kappa shape index (κ1) is 10.7. The molecule has 1 N–H and O–H groups in total. The number of aliphatic hydroxyl groups is 1. The number of hydrogen-bond acceptors (Lipinski definition) is 3. The normalized spacial score (nSPS) is 38.7. The fraction of sp³-hybridized carbons (Fsp3) is 0.750. The van der Waals surface area contributed by atoms with Crippen molar-refractivity contribution < 1.29 is 14.6 Å². The summed E-state index contributed by atoms with van der Waals surface area (Å²) in [6, 6.07) is 0. The molecule has 1 heterocycles. The summed E-state index contributed by atoms with van der Waals surface area (Å²) in [6.45, 7) is 4.61. The number of cyclic esters (lactones) is 1. The van der Waals surface area contributed by atoms with E-state index in [1.165, 1.54) is 5.57 Å². The zero-order valence-corrected chi connectivity index (χ0v) is 9.27. The molecule has 2 rings (SSSR count). The lowest BCUT2D eigenvalue weighted by atomic mass is 9.97. The highest BCUT2D eigenvalue weighted by Crippen LogP contribution is 2.42. The molecule has 0 aromatic carbocycles. The SMILES string of the molecule is CC(C)=CC[C@H]1C[C@@H]2COC(=O)[C@H]2[C@@H]1O. The minimum Gasteiger partial charge on any atom is -0.465 e. The summed E-state index contributed by atoms with van der Waals surface area (Å²) in [5, 5.41) is 10.0. The molecule has 0 aromatic heterocycles. The monoisotopic (exact) mass is 210 g/mol. The van der Waals surface area contributed by atoms with E-state index in [4.69, 9.17) is 4.74 Å². The molecule has 0 spiro atoms. The maximum Gasteiger partial charge on any atom is 0.312 e. The highest BCUT2D eigenvalue weighted by molar-refractivity contribution is 5.76. The molecule has 2 fully saturated rings. The Kier molecular flexibility index (Phi) is 2.83. The number of ether oxygens (including phenoxy) is 1. The maximum atomic E-state index is 11.4. The molecule has 0 amide bonds. The molecule has 0 aromatic rings. The van der Waals surface area contributed by atoms with Crippen LogP contribution in [-0.2, 0) is 9.53 Å². The summed E-state index contributed by atoms with van der Waals surface area (Å²) in [5.41, 5.74) is 1.27. The van der Waals surface area contributed by atoms with Gasteiger partial charge in [0, 0.05) is 5.92 Å². The lowest BCUT2D eigenvalue weighted by Gasteiger charge is -2.15. The third-order valence-corrected chi connectivity index (χ3v) is 3.50. The number of aliphatic hydroxyl groups excluding tert-OH is 1. The number of carbonyl (C=O) groups is 1. The van der Waals surface area contributed by atoms with E-state index in [0.29, 0.717) is 6.61 Å². The Balaban J connectivity index is 2.01. The third kappa shape index (κ3) is 1.93. The molecular weight excluding hydrogens is 192 g/mol. The summed E-state index contributed by atoms with van der Waals surface area (Å²) < 4.78 is 4.95. The predicted octanol–water partition coefficient (Wildman–Crippen LogP) is 1.51. The molecule has 0 radical (unpaired) electrons. The van der Waals surface area contributed by atoms with Crippen molar-refractivity contribution in [3.63, 3.8) is 0 Å². The fourth-order valence-electron chi connectivity index (χ4n) is 2.66. The second-order valence-corrected chi connectivity index (χ2v) is 4.92. The standard InChI is InChI=1S/C12H18O3/c1-7(2)3-4-8-5-9-6-15-12(14)10(9)11(8)13/h3,8-11,13H,4-6H2,1-2H3/t8-,9+,10+,11+/m0/s1. The molecule has 1 saturated carbocycles. The van der Waals surface area contributed by atoms with Crippen molar-refractivity contribution in [1.29, 1.82) is 0 Å². The number of carbonyl (C=O) groups excluding carboxylic acids is 1. The highest BCUT2D eigenvalue weighted by Gasteiger charge is 2.50. The Bertz CT molecular complexity index is 291. The molecule has 15 heavy (non-hydrogen) atoms. The zero-order chi connectivity index (χ0) is 11.0. The van der Waals surface area contributed by atoms with Crippen LogP contribution in [0.4, 0.5) is 0 Å². The molecule has 2 aliphatic rings. The van der Waals surface area contributed by atoms with Crippen LogP contribution in [0.2, 0.25) is 0 Å². The smallest absolute Gasteiger partial charge is 0.312 e. The number of fused-ring (bicyclic) bond motifs is 1. The van der Waals surface area contributed by atoms with Crippen LogP contribution in [0.3, 0.4) is 0 Å². The Morgan fingerprint density at radius 3 is 2.93 bits per heavy atom. The number of esters is 1. The van der Waals surface area contributed by atoms with Gasteiger partial charge in [0.2, 0.25) is 0 Å². The second kappa shape index (κ2) is 3.97. The second-order valence-electron chi connectivity index (χ2n) is 4.92. The van der Waals surface area contributed by atoms with Gasteiger partial charge in [-0.2, -0.15) is 0 Å². The average Bonchev–Trinajstić information content (AvgIpc) is 2.66. The van der Waals surface area contributed by atoms with Crippen LogP contribution in [-0.4, -0.2) is 23.8 Å². The van der Waals surface area contributed by atoms with Gasteiger partial charge in [-0.1, -0.05) is 11.6 Å². The predicted molar refractivity (Wildman–Crippen MR) is 56.1 cm³/mol. The van der Waals surface area contributed by atoms with Gasteiger partial charge in [0.25, 0.3) is 0 Å². The van der Waals surface area contributed by atoms with Crippen molar-refractivity contribution in [1.82, 2.24) is 0 Å². The van der Waals surface area contributed by atoms with Crippen LogP contribution in [0.1, 0.15) is 26.7 Å². The van der Waals surface area contributed by atoms with E-state index in [0.717, 1.165) is 12.8 Å². The summed E-state index contributed by atoms with van der Waals surface area (Å²) in [7, 11) is 0. The van der Waals surface area contributed by atoms with E-state index >= 15 is 0 Å². The van der Waals surface area contributed by atoms with Crippen LogP contribution in [0.15, 0.2) is 11.6 Å².